The van der Waals surface area contributed by atoms with E-state index in [-0.39, 0.29) is 5.91 Å². The van der Waals surface area contributed by atoms with Crippen molar-refractivity contribution in [2.45, 2.75) is 19.4 Å². The van der Waals surface area contributed by atoms with Crippen LogP contribution in [0.3, 0.4) is 0 Å². The van der Waals surface area contributed by atoms with Crippen LogP contribution in [0.15, 0.2) is 97.7 Å². The molecule has 0 spiro atoms. The third-order valence-corrected chi connectivity index (χ3v) is 5.28. The molecule has 2 aromatic heterocycles. The maximum absolute atomic E-state index is 13.5. The lowest BCUT2D eigenvalue weighted by Gasteiger charge is -2.30. The molecule has 1 amide bonds. The molecule has 2 heterocycles. The highest BCUT2D eigenvalue weighted by molar-refractivity contribution is 5.97. The van der Waals surface area contributed by atoms with E-state index in [0.29, 0.717) is 18.8 Å². The normalized spacial score (nSPS) is 11.5. The Balaban J connectivity index is 1.61. The minimum Gasteiger partial charge on any atom is -0.343 e. The van der Waals surface area contributed by atoms with E-state index in [1.165, 1.54) is 0 Å². The van der Waals surface area contributed by atoms with Crippen molar-refractivity contribution in [1.29, 1.82) is 0 Å². The van der Waals surface area contributed by atoms with Crippen LogP contribution < -0.4 is 10.2 Å². The quantitative estimate of drug-likeness (QED) is 0.448. The summed E-state index contributed by atoms with van der Waals surface area (Å²) in [6, 6.07) is 21.3. The van der Waals surface area contributed by atoms with Crippen molar-refractivity contribution in [2.24, 2.45) is 0 Å². The van der Waals surface area contributed by atoms with E-state index in [1.54, 1.807) is 31.0 Å². The van der Waals surface area contributed by atoms with Gasteiger partial charge in [0.25, 0.3) is 0 Å². The van der Waals surface area contributed by atoms with Gasteiger partial charge in [-0.2, -0.15) is 0 Å². The van der Waals surface area contributed by atoms with Gasteiger partial charge in [-0.25, -0.2) is 4.98 Å². The van der Waals surface area contributed by atoms with E-state index in [0.717, 1.165) is 22.4 Å². The second-order valence-electron chi connectivity index (χ2n) is 7.36. The summed E-state index contributed by atoms with van der Waals surface area (Å²) in [4.78, 5) is 28.2. The number of pyridine rings is 1. The van der Waals surface area contributed by atoms with Crippen LogP contribution in [0.5, 0.6) is 0 Å². The summed E-state index contributed by atoms with van der Waals surface area (Å²) in [7, 11) is 0. The first kappa shape index (κ1) is 21.2. The molecule has 1 atom stereocenters. The molecule has 0 saturated heterocycles. The number of aromatic nitrogens is 3. The van der Waals surface area contributed by atoms with Crippen LogP contribution in [0.1, 0.15) is 12.5 Å². The van der Waals surface area contributed by atoms with Gasteiger partial charge in [0.15, 0.2) is 0 Å². The minimum atomic E-state index is -0.441. The Labute approximate surface area is 188 Å². The summed E-state index contributed by atoms with van der Waals surface area (Å²) in [5.41, 5.74) is 3.90. The first-order chi connectivity index (χ1) is 15.7. The average Bonchev–Trinajstić information content (AvgIpc) is 2.86. The van der Waals surface area contributed by atoms with E-state index in [1.807, 2.05) is 78.6 Å². The molecule has 6 heteroatoms. The average molecular weight is 424 g/mol. The standard InChI is InChI=1S/C26H25N5O/c1-2-31(25-19-28-15-16-29-25)24(17-20-7-4-3-5-8-20)26(32)30-23-10-6-9-22(18-23)21-11-13-27-14-12-21/h3-16,18-19,24H,2,17H2,1H3,(H,30,32)/t24-/m0/s1. The highest BCUT2D eigenvalue weighted by Crippen LogP contribution is 2.23. The molecule has 6 nitrogen and oxygen atoms in total. The molecule has 2 aromatic carbocycles. The van der Waals surface area contributed by atoms with Crippen LogP contribution >= 0.6 is 0 Å². The van der Waals surface area contributed by atoms with Gasteiger partial charge in [-0.05, 0) is 47.9 Å². The molecule has 0 unspecified atom stereocenters. The summed E-state index contributed by atoms with van der Waals surface area (Å²) in [6.07, 6.45) is 9.05. The van der Waals surface area contributed by atoms with Crippen molar-refractivity contribution >= 4 is 17.4 Å². The largest absolute Gasteiger partial charge is 0.343 e. The molecular formula is C26H25N5O. The van der Waals surface area contributed by atoms with E-state index in [2.05, 4.69) is 20.3 Å². The molecule has 4 aromatic rings. The second kappa shape index (κ2) is 10.3. The van der Waals surface area contributed by atoms with Crippen molar-refractivity contribution in [3.05, 3.63) is 103 Å². The molecular weight excluding hydrogens is 398 g/mol. The van der Waals surface area contributed by atoms with Crippen molar-refractivity contribution in [2.75, 3.05) is 16.8 Å². The lowest BCUT2D eigenvalue weighted by molar-refractivity contribution is -0.117. The number of hydrogen-bond donors (Lipinski definition) is 1. The van der Waals surface area contributed by atoms with E-state index >= 15 is 0 Å². The number of amides is 1. The molecule has 0 saturated carbocycles. The molecule has 0 aliphatic carbocycles. The predicted octanol–water partition coefficient (Wildman–Crippen LogP) is 4.61. The molecule has 0 radical (unpaired) electrons. The molecule has 4 rings (SSSR count). The van der Waals surface area contributed by atoms with Gasteiger partial charge in [-0.1, -0.05) is 42.5 Å². The van der Waals surface area contributed by atoms with Crippen LogP contribution in [0.25, 0.3) is 11.1 Å². The second-order valence-corrected chi connectivity index (χ2v) is 7.36. The Kier molecular flexibility index (Phi) is 6.82. The Morgan fingerprint density at radius 2 is 1.72 bits per heavy atom. The molecule has 0 bridgehead atoms. The smallest absolute Gasteiger partial charge is 0.247 e. The zero-order chi connectivity index (χ0) is 22.2. The van der Waals surface area contributed by atoms with Crippen molar-refractivity contribution in [3.63, 3.8) is 0 Å². The highest BCUT2D eigenvalue weighted by atomic mass is 16.2. The molecule has 0 aliphatic heterocycles. The van der Waals surface area contributed by atoms with Crippen LogP contribution in [0.4, 0.5) is 11.5 Å². The van der Waals surface area contributed by atoms with Crippen molar-refractivity contribution < 1.29 is 4.79 Å². The summed E-state index contributed by atoms with van der Waals surface area (Å²) >= 11 is 0. The summed E-state index contributed by atoms with van der Waals surface area (Å²) in [5.74, 6) is 0.588. The Bertz CT molecular complexity index is 1140. The highest BCUT2D eigenvalue weighted by Gasteiger charge is 2.27. The lowest BCUT2D eigenvalue weighted by Crippen LogP contribution is -2.46. The number of carbonyl (C=O) groups excluding carboxylic acids is 1. The molecule has 1 N–H and O–H groups in total. The number of nitrogens with zero attached hydrogens (tertiary/aromatic N) is 4. The summed E-state index contributed by atoms with van der Waals surface area (Å²) < 4.78 is 0. The topological polar surface area (TPSA) is 71.0 Å². The molecule has 160 valence electrons. The predicted molar refractivity (Wildman–Crippen MR) is 127 cm³/mol. The van der Waals surface area contributed by atoms with Crippen LogP contribution in [0, 0.1) is 0 Å². The number of hydrogen-bond acceptors (Lipinski definition) is 5. The third-order valence-electron chi connectivity index (χ3n) is 5.28. The Morgan fingerprint density at radius 3 is 2.44 bits per heavy atom. The van der Waals surface area contributed by atoms with Crippen molar-refractivity contribution in [1.82, 2.24) is 15.0 Å². The number of nitrogens with one attached hydrogen (secondary N) is 1. The zero-order valence-electron chi connectivity index (χ0n) is 17.9. The molecule has 32 heavy (non-hydrogen) atoms. The molecule has 0 aliphatic rings. The number of rotatable bonds is 8. The zero-order valence-corrected chi connectivity index (χ0v) is 17.9. The fraction of sp³-hybridized carbons (Fsp3) is 0.154. The number of anilines is 2. The molecule has 0 fully saturated rings. The lowest BCUT2D eigenvalue weighted by atomic mass is 10.0. The van der Waals surface area contributed by atoms with E-state index in [9.17, 15) is 4.79 Å². The number of carbonyl (C=O) groups is 1. The Morgan fingerprint density at radius 1 is 0.906 bits per heavy atom. The minimum absolute atomic E-state index is 0.0896. The van der Waals surface area contributed by atoms with Gasteiger partial charge in [0, 0.05) is 43.4 Å². The fourth-order valence-corrected chi connectivity index (χ4v) is 3.71. The van der Waals surface area contributed by atoms with E-state index < -0.39 is 6.04 Å². The number of benzene rings is 2. The van der Waals surface area contributed by atoms with Gasteiger partial charge in [-0.15, -0.1) is 0 Å². The summed E-state index contributed by atoms with van der Waals surface area (Å²) in [6.45, 7) is 2.64. The van der Waals surface area contributed by atoms with Gasteiger partial charge in [0.05, 0.1) is 6.20 Å². The van der Waals surface area contributed by atoms with Gasteiger partial charge < -0.3 is 10.2 Å². The fourth-order valence-electron chi connectivity index (χ4n) is 3.71. The van der Waals surface area contributed by atoms with Crippen LogP contribution in [-0.2, 0) is 11.2 Å². The van der Waals surface area contributed by atoms with Gasteiger partial charge in [-0.3, -0.25) is 14.8 Å². The SMILES string of the molecule is CCN(c1cnccn1)[C@@H](Cc1ccccc1)C(=O)Nc1cccc(-c2ccncc2)c1. The van der Waals surface area contributed by atoms with Gasteiger partial charge in [0.1, 0.15) is 11.9 Å². The monoisotopic (exact) mass is 423 g/mol. The summed E-state index contributed by atoms with van der Waals surface area (Å²) in [5, 5.41) is 3.11. The van der Waals surface area contributed by atoms with Gasteiger partial charge >= 0.3 is 0 Å². The maximum Gasteiger partial charge on any atom is 0.247 e. The van der Waals surface area contributed by atoms with Crippen LogP contribution in [-0.4, -0.2) is 33.4 Å². The van der Waals surface area contributed by atoms with Crippen molar-refractivity contribution in [3.8, 4) is 11.1 Å². The van der Waals surface area contributed by atoms with E-state index in [4.69, 9.17) is 0 Å². The number of likely N-dealkylation sites (N-methyl/N-ethyl adjacent to an activating group) is 1. The maximum atomic E-state index is 13.5. The first-order valence-electron chi connectivity index (χ1n) is 10.6. The van der Waals surface area contributed by atoms with Gasteiger partial charge in [0.2, 0.25) is 5.91 Å². The Hall–Kier alpha value is -4.06. The van der Waals surface area contributed by atoms with Crippen LogP contribution in [0.2, 0.25) is 0 Å². The third kappa shape index (κ3) is 5.16. The first-order valence-corrected chi connectivity index (χ1v) is 10.6.